The predicted molar refractivity (Wildman–Crippen MR) is 138 cm³/mol. The van der Waals surface area contributed by atoms with Gasteiger partial charge in [-0.05, 0) is 56.0 Å². The molecule has 38 heavy (non-hydrogen) atoms. The molecule has 204 valence electrons. The Balaban J connectivity index is 1.55. The number of aromatic nitrogens is 4. The van der Waals surface area contributed by atoms with Crippen LogP contribution in [0.1, 0.15) is 39.2 Å². The van der Waals surface area contributed by atoms with Crippen LogP contribution < -0.4 is 15.8 Å². The van der Waals surface area contributed by atoms with Crippen LogP contribution in [0.15, 0.2) is 53.6 Å². The van der Waals surface area contributed by atoms with Crippen molar-refractivity contribution in [1.82, 2.24) is 25.0 Å². The van der Waals surface area contributed by atoms with Crippen LogP contribution in [-0.2, 0) is 24.2 Å². The molecule has 0 saturated carbocycles. The molecule has 1 aromatic carbocycles. The van der Waals surface area contributed by atoms with Crippen LogP contribution in [0.5, 0.6) is 5.88 Å². The van der Waals surface area contributed by atoms with E-state index in [9.17, 15) is 18.0 Å². The second kappa shape index (κ2) is 11.1. The summed E-state index contributed by atoms with van der Waals surface area (Å²) < 4.78 is 35.4. The number of hydrogen-bond donors (Lipinski definition) is 1. The molecule has 1 aliphatic heterocycles. The summed E-state index contributed by atoms with van der Waals surface area (Å²) in [4.78, 5) is 33.0. The quantitative estimate of drug-likeness (QED) is 0.400. The van der Waals surface area contributed by atoms with E-state index in [0.29, 0.717) is 30.2 Å². The Hall–Kier alpha value is -3.55. The van der Waals surface area contributed by atoms with Crippen LogP contribution in [0.3, 0.4) is 0 Å². The van der Waals surface area contributed by atoms with Crippen molar-refractivity contribution in [3.05, 3.63) is 59.1 Å². The van der Waals surface area contributed by atoms with E-state index in [2.05, 4.69) is 15.7 Å². The number of benzene rings is 1. The van der Waals surface area contributed by atoms with E-state index < -0.39 is 38.4 Å². The minimum Gasteiger partial charge on any atom is -0.479 e. The van der Waals surface area contributed by atoms with Gasteiger partial charge in [-0.3, -0.25) is 9.59 Å². The second-order valence-corrected chi connectivity index (χ2v) is 11.7. The largest absolute Gasteiger partial charge is 0.479 e. The van der Waals surface area contributed by atoms with E-state index in [1.807, 2.05) is 12.1 Å². The molecular weight excluding hydrogens is 514 g/mol. The average molecular weight is 546 g/mol. The zero-order valence-corrected chi connectivity index (χ0v) is 22.5. The van der Waals surface area contributed by atoms with Crippen molar-refractivity contribution in [2.75, 3.05) is 20.0 Å². The number of carbonyl (C=O) groups is 1. The number of sulfone groups is 1. The highest BCUT2D eigenvalue weighted by Gasteiger charge is 2.50. The van der Waals surface area contributed by atoms with Crippen LogP contribution in [0.2, 0.25) is 0 Å². The summed E-state index contributed by atoms with van der Waals surface area (Å²) in [5.74, 6) is -0.493. The number of pyridine rings is 1. The number of nitrogens with one attached hydrogen (secondary N) is 1. The van der Waals surface area contributed by atoms with Gasteiger partial charge in [-0.1, -0.05) is 12.1 Å². The zero-order valence-electron chi connectivity index (χ0n) is 21.7. The lowest BCUT2D eigenvalue weighted by Gasteiger charge is -2.34. The van der Waals surface area contributed by atoms with Crippen molar-refractivity contribution in [3.8, 4) is 22.7 Å². The topological polar surface area (TPSA) is 144 Å². The Kier molecular flexibility index (Phi) is 7.99. The van der Waals surface area contributed by atoms with E-state index in [0.717, 1.165) is 24.7 Å². The smallest absolute Gasteiger partial charge is 0.266 e. The van der Waals surface area contributed by atoms with Crippen LogP contribution in [0.4, 0.5) is 0 Å². The first-order chi connectivity index (χ1) is 18.0. The third-order valence-electron chi connectivity index (χ3n) is 6.92. The van der Waals surface area contributed by atoms with Gasteiger partial charge < -0.3 is 14.0 Å². The molecule has 0 aliphatic carbocycles. The first-order valence-electron chi connectivity index (χ1n) is 12.1. The number of carbonyl (C=O) groups excluding carboxylic acids is 1. The molecule has 13 heteroatoms. The predicted octanol–water partition coefficient (Wildman–Crippen LogP) is 2.04. The fourth-order valence-corrected chi connectivity index (χ4v) is 5.31. The molecule has 2 aromatic heterocycles. The van der Waals surface area contributed by atoms with Crippen molar-refractivity contribution in [3.63, 3.8) is 0 Å². The van der Waals surface area contributed by atoms with E-state index in [1.54, 1.807) is 18.2 Å². The molecule has 12 nitrogen and oxygen atoms in total. The summed E-state index contributed by atoms with van der Waals surface area (Å²) in [6, 6.07) is 9.26. The van der Waals surface area contributed by atoms with Gasteiger partial charge in [0.05, 0.1) is 18.8 Å². The number of ether oxygens (including phenoxy) is 2. The van der Waals surface area contributed by atoms with Gasteiger partial charge in [0.15, 0.2) is 20.9 Å². The summed E-state index contributed by atoms with van der Waals surface area (Å²) in [6.45, 7) is 3.30. The number of rotatable bonds is 9. The van der Waals surface area contributed by atoms with Gasteiger partial charge >= 0.3 is 0 Å². The van der Waals surface area contributed by atoms with Crippen LogP contribution >= 0.6 is 0 Å². The van der Waals surface area contributed by atoms with E-state index >= 15 is 0 Å². The van der Waals surface area contributed by atoms with Gasteiger partial charge in [0, 0.05) is 31.5 Å². The molecular formula is C25H31N5O7S. The van der Waals surface area contributed by atoms with Crippen LogP contribution in [0, 0.1) is 0 Å². The first-order valence-corrected chi connectivity index (χ1v) is 14.0. The monoisotopic (exact) mass is 545 g/mol. The summed E-state index contributed by atoms with van der Waals surface area (Å²) >= 11 is 0. The lowest BCUT2D eigenvalue weighted by atomic mass is 10.0. The van der Waals surface area contributed by atoms with E-state index in [1.165, 1.54) is 48.8 Å². The number of methoxy groups -OCH3 is 1. The fraction of sp³-hybridized carbons (Fsp3) is 0.440. The average Bonchev–Trinajstić information content (AvgIpc) is 3.40. The summed E-state index contributed by atoms with van der Waals surface area (Å²) in [6.07, 6.45) is 5.65. The molecule has 2 unspecified atom stereocenters. The fourth-order valence-electron chi connectivity index (χ4n) is 4.20. The molecule has 1 N–H and O–H groups in total. The minimum absolute atomic E-state index is 0.385. The second-order valence-electron chi connectivity index (χ2n) is 9.28. The van der Waals surface area contributed by atoms with Crippen LogP contribution in [-0.4, -0.2) is 64.9 Å². The minimum atomic E-state index is -3.99. The standard InChI is InChI=1S/C25H31N5O7S/c1-17(25(2,38(4,33)34)24(32)28-37-23-7-5-6-14-36-23)29-13-12-19(15-22(29)31)18-8-10-20(11-9-18)30-26-16-21(27-30)35-3/h8-13,15-17,23H,5-7,14H2,1-4H3,(H,28,32)/t17?,23?,25-/m1/s1. The van der Waals surface area contributed by atoms with Crippen molar-refractivity contribution < 1.29 is 27.5 Å². The van der Waals surface area contributed by atoms with Crippen molar-refractivity contribution in [2.24, 2.45) is 0 Å². The normalized spacial score (nSPS) is 18.4. The molecule has 1 saturated heterocycles. The molecule has 0 radical (unpaired) electrons. The molecule has 3 atom stereocenters. The maximum atomic E-state index is 13.1. The molecule has 1 fully saturated rings. The summed E-state index contributed by atoms with van der Waals surface area (Å²) in [5, 5.41) is 8.31. The molecule has 0 spiro atoms. The van der Waals surface area contributed by atoms with Crippen molar-refractivity contribution >= 4 is 15.7 Å². The number of hydrogen-bond acceptors (Lipinski definition) is 9. The van der Waals surface area contributed by atoms with Gasteiger partial charge in [0.2, 0.25) is 0 Å². The number of nitrogens with zero attached hydrogens (tertiary/aromatic N) is 4. The molecule has 1 aliphatic rings. The highest BCUT2D eigenvalue weighted by atomic mass is 32.2. The Morgan fingerprint density at radius 2 is 1.95 bits per heavy atom. The molecule has 3 aromatic rings. The maximum Gasteiger partial charge on any atom is 0.266 e. The highest BCUT2D eigenvalue weighted by Crippen LogP contribution is 2.31. The third kappa shape index (κ3) is 5.49. The van der Waals surface area contributed by atoms with Gasteiger partial charge in [-0.2, -0.15) is 5.10 Å². The number of hydroxylamine groups is 1. The van der Waals surface area contributed by atoms with E-state index in [-0.39, 0.29) is 0 Å². The summed E-state index contributed by atoms with van der Waals surface area (Å²) in [7, 11) is -2.48. The summed E-state index contributed by atoms with van der Waals surface area (Å²) in [5.41, 5.74) is 3.88. The van der Waals surface area contributed by atoms with E-state index in [4.69, 9.17) is 14.3 Å². The van der Waals surface area contributed by atoms with Crippen LogP contribution in [0.25, 0.3) is 16.8 Å². The third-order valence-corrected chi connectivity index (χ3v) is 8.98. The first kappa shape index (κ1) is 27.5. The lowest BCUT2D eigenvalue weighted by Crippen LogP contribution is -2.56. The van der Waals surface area contributed by atoms with Gasteiger partial charge in [-0.15, -0.1) is 9.90 Å². The zero-order chi connectivity index (χ0) is 27.5. The molecule has 0 bridgehead atoms. The number of amides is 1. The van der Waals surface area contributed by atoms with Gasteiger partial charge in [0.25, 0.3) is 17.3 Å². The molecule has 1 amide bonds. The Bertz CT molecular complexity index is 1450. The lowest BCUT2D eigenvalue weighted by molar-refractivity contribution is -0.201. The van der Waals surface area contributed by atoms with Gasteiger partial charge in [-0.25, -0.2) is 18.7 Å². The molecule has 4 rings (SSSR count). The van der Waals surface area contributed by atoms with Crippen molar-refractivity contribution in [1.29, 1.82) is 0 Å². The SMILES string of the molecule is COc1cnn(-c2ccc(-c3ccn(C(C)[C@](C)(C(=O)NOC4CCCCO4)S(C)(=O)=O)c(=O)c3)cc2)n1. The molecule has 3 heterocycles. The Morgan fingerprint density at radius 1 is 1.21 bits per heavy atom. The Labute approximate surface area is 220 Å². The highest BCUT2D eigenvalue weighted by molar-refractivity contribution is 7.92. The van der Waals surface area contributed by atoms with Gasteiger partial charge in [0.1, 0.15) is 6.20 Å². The van der Waals surface area contributed by atoms with Crippen molar-refractivity contribution in [2.45, 2.75) is 50.2 Å². The maximum absolute atomic E-state index is 13.1. The Morgan fingerprint density at radius 3 is 2.53 bits per heavy atom.